The molecule has 17 heavy (non-hydrogen) atoms. The molecule has 0 bridgehead atoms. The smallest absolute Gasteiger partial charge is 0.127 e. The van der Waals surface area contributed by atoms with E-state index in [-0.39, 0.29) is 0 Å². The Morgan fingerprint density at radius 2 is 2.18 bits per heavy atom. The molecular weight excluding hydrogens is 212 g/mol. The number of aromatic nitrogens is 1. The number of benzene rings is 1. The van der Waals surface area contributed by atoms with Crippen molar-refractivity contribution in [2.24, 2.45) is 0 Å². The van der Waals surface area contributed by atoms with E-state index in [0.717, 1.165) is 11.3 Å². The van der Waals surface area contributed by atoms with Gasteiger partial charge in [-0.3, -0.25) is 0 Å². The first-order chi connectivity index (χ1) is 8.28. The van der Waals surface area contributed by atoms with E-state index < -0.39 is 0 Å². The van der Waals surface area contributed by atoms with Crippen molar-refractivity contribution >= 4 is 11.5 Å². The van der Waals surface area contributed by atoms with Crippen molar-refractivity contribution in [1.29, 1.82) is 5.26 Å². The second kappa shape index (κ2) is 4.99. The number of nitrogens with one attached hydrogen (secondary N) is 1. The summed E-state index contributed by atoms with van der Waals surface area (Å²) in [7, 11) is 0. The number of nitrogens with two attached hydrogens (primary N) is 1. The molecule has 2 aromatic rings. The summed E-state index contributed by atoms with van der Waals surface area (Å²) in [5.41, 5.74) is 8.10. The van der Waals surface area contributed by atoms with E-state index in [1.165, 1.54) is 0 Å². The summed E-state index contributed by atoms with van der Waals surface area (Å²) in [5.74, 6) is 0.687. The minimum absolute atomic E-state index is 0.593. The average molecular weight is 224 g/mol. The van der Waals surface area contributed by atoms with E-state index in [0.29, 0.717) is 17.9 Å². The molecule has 4 heteroatoms. The molecule has 1 aromatic carbocycles. The Bertz CT molecular complexity index is 557. The number of nitrogen functional groups attached to an aromatic ring is 1. The minimum Gasteiger partial charge on any atom is -0.399 e. The van der Waals surface area contributed by atoms with Crippen molar-refractivity contribution in [3.63, 3.8) is 0 Å². The van der Waals surface area contributed by atoms with Crippen LogP contribution in [0.3, 0.4) is 0 Å². The zero-order valence-corrected chi connectivity index (χ0v) is 9.22. The maximum Gasteiger partial charge on any atom is 0.127 e. The van der Waals surface area contributed by atoms with Gasteiger partial charge in [0.05, 0.1) is 11.6 Å². The fraction of sp³-hybridized carbons (Fsp3) is 0.0769. The van der Waals surface area contributed by atoms with Crippen LogP contribution in [0.4, 0.5) is 11.5 Å². The van der Waals surface area contributed by atoms with Gasteiger partial charge in [0.15, 0.2) is 0 Å². The van der Waals surface area contributed by atoms with Gasteiger partial charge in [-0.15, -0.1) is 0 Å². The maximum atomic E-state index is 8.76. The molecule has 0 aliphatic rings. The third-order valence-electron chi connectivity index (χ3n) is 2.31. The molecule has 0 saturated carbocycles. The van der Waals surface area contributed by atoms with E-state index >= 15 is 0 Å². The van der Waals surface area contributed by atoms with Gasteiger partial charge in [-0.2, -0.15) is 5.26 Å². The Balaban J connectivity index is 2.05. The van der Waals surface area contributed by atoms with Gasteiger partial charge in [-0.25, -0.2) is 4.98 Å². The predicted molar refractivity (Wildman–Crippen MR) is 67.1 cm³/mol. The van der Waals surface area contributed by atoms with Crippen molar-refractivity contribution in [2.75, 3.05) is 11.1 Å². The summed E-state index contributed by atoms with van der Waals surface area (Å²) in [4.78, 5) is 4.13. The van der Waals surface area contributed by atoms with Crippen LogP contribution in [-0.4, -0.2) is 4.98 Å². The highest BCUT2D eigenvalue weighted by Gasteiger charge is 1.97. The molecule has 1 heterocycles. The van der Waals surface area contributed by atoms with E-state index in [4.69, 9.17) is 11.0 Å². The molecule has 0 aliphatic heterocycles. The highest BCUT2D eigenvalue weighted by molar-refractivity contribution is 5.45. The number of nitriles is 1. The Morgan fingerprint density at radius 3 is 2.94 bits per heavy atom. The minimum atomic E-state index is 0.593. The second-order valence-corrected chi connectivity index (χ2v) is 3.64. The summed E-state index contributed by atoms with van der Waals surface area (Å²) >= 11 is 0. The molecule has 0 aliphatic carbocycles. The molecule has 0 fully saturated rings. The lowest BCUT2D eigenvalue weighted by atomic mass is 10.2. The van der Waals surface area contributed by atoms with Crippen LogP contribution in [0.5, 0.6) is 0 Å². The normalized spacial score (nSPS) is 9.59. The van der Waals surface area contributed by atoms with Crippen LogP contribution in [0.1, 0.15) is 11.1 Å². The maximum absolute atomic E-state index is 8.76. The number of anilines is 2. The Morgan fingerprint density at radius 1 is 1.29 bits per heavy atom. The largest absolute Gasteiger partial charge is 0.399 e. The second-order valence-electron chi connectivity index (χ2n) is 3.64. The molecule has 0 unspecified atom stereocenters. The summed E-state index contributed by atoms with van der Waals surface area (Å²) in [6.07, 6.45) is 1.61. The fourth-order valence-corrected chi connectivity index (χ4v) is 1.49. The SMILES string of the molecule is N#Cc1ccnc(NCc2cccc(N)c2)c1. The van der Waals surface area contributed by atoms with Crippen LogP contribution in [0.15, 0.2) is 42.6 Å². The third-order valence-corrected chi connectivity index (χ3v) is 2.31. The first-order valence-electron chi connectivity index (χ1n) is 5.22. The van der Waals surface area contributed by atoms with Crippen LogP contribution in [0.2, 0.25) is 0 Å². The molecule has 2 rings (SSSR count). The van der Waals surface area contributed by atoms with Crippen molar-refractivity contribution in [3.8, 4) is 6.07 Å². The van der Waals surface area contributed by atoms with Gasteiger partial charge in [0.2, 0.25) is 0 Å². The van der Waals surface area contributed by atoms with Gasteiger partial charge in [-0.1, -0.05) is 12.1 Å². The topological polar surface area (TPSA) is 74.7 Å². The quantitative estimate of drug-likeness (QED) is 0.783. The number of rotatable bonds is 3. The molecule has 0 saturated heterocycles. The molecule has 0 amide bonds. The van der Waals surface area contributed by atoms with Crippen LogP contribution >= 0.6 is 0 Å². The predicted octanol–water partition coefficient (Wildman–Crippen LogP) is 2.15. The van der Waals surface area contributed by atoms with Gasteiger partial charge in [-0.05, 0) is 29.8 Å². The Labute approximate surface area is 99.7 Å². The van der Waals surface area contributed by atoms with E-state index in [9.17, 15) is 0 Å². The fourth-order valence-electron chi connectivity index (χ4n) is 1.49. The summed E-state index contributed by atoms with van der Waals surface area (Å²) in [6, 6.07) is 13.1. The summed E-state index contributed by atoms with van der Waals surface area (Å²) in [5, 5.41) is 11.9. The monoisotopic (exact) mass is 224 g/mol. The van der Waals surface area contributed by atoms with Gasteiger partial charge >= 0.3 is 0 Å². The van der Waals surface area contributed by atoms with Crippen molar-refractivity contribution in [3.05, 3.63) is 53.7 Å². The van der Waals surface area contributed by atoms with Crippen molar-refractivity contribution < 1.29 is 0 Å². The van der Waals surface area contributed by atoms with E-state index in [1.807, 2.05) is 24.3 Å². The molecule has 0 atom stereocenters. The van der Waals surface area contributed by atoms with E-state index in [1.54, 1.807) is 18.3 Å². The Hall–Kier alpha value is -2.54. The van der Waals surface area contributed by atoms with Crippen LogP contribution in [0, 0.1) is 11.3 Å². The first-order valence-corrected chi connectivity index (χ1v) is 5.22. The van der Waals surface area contributed by atoms with Crippen LogP contribution in [-0.2, 0) is 6.54 Å². The lowest BCUT2D eigenvalue weighted by molar-refractivity contribution is 1.11. The van der Waals surface area contributed by atoms with Gasteiger partial charge in [0.25, 0.3) is 0 Å². The standard InChI is InChI=1S/C13H12N4/c14-8-10-4-5-16-13(7-10)17-9-11-2-1-3-12(15)6-11/h1-7H,9,15H2,(H,16,17). The lowest BCUT2D eigenvalue weighted by Crippen LogP contribution is -2.01. The summed E-state index contributed by atoms with van der Waals surface area (Å²) in [6.45, 7) is 0.632. The molecule has 0 spiro atoms. The van der Waals surface area contributed by atoms with Crippen LogP contribution < -0.4 is 11.1 Å². The first kappa shape index (κ1) is 11.0. The highest BCUT2D eigenvalue weighted by Crippen LogP contribution is 2.10. The molecule has 3 N–H and O–H groups in total. The number of hydrogen-bond donors (Lipinski definition) is 2. The number of hydrogen-bond acceptors (Lipinski definition) is 4. The molecule has 1 aromatic heterocycles. The molecule has 4 nitrogen and oxygen atoms in total. The molecular formula is C13H12N4. The van der Waals surface area contributed by atoms with Crippen molar-refractivity contribution in [2.45, 2.75) is 6.54 Å². The Kier molecular flexibility index (Phi) is 3.22. The van der Waals surface area contributed by atoms with Crippen molar-refractivity contribution in [1.82, 2.24) is 4.98 Å². The van der Waals surface area contributed by atoms with Gasteiger partial charge in [0.1, 0.15) is 5.82 Å². The zero-order chi connectivity index (χ0) is 12.1. The molecule has 0 radical (unpaired) electrons. The zero-order valence-electron chi connectivity index (χ0n) is 9.22. The molecule has 84 valence electrons. The average Bonchev–Trinajstić information content (AvgIpc) is 2.37. The van der Waals surface area contributed by atoms with Crippen LogP contribution in [0.25, 0.3) is 0 Å². The number of pyridine rings is 1. The van der Waals surface area contributed by atoms with E-state index in [2.05, 4.69) is 16.4 Å². The lowest BCUT2D eigenvalue weighted by Gasteiger charge is -2.06. The summed E-state index contributed by atoms with van der Waals surface area (Å²) < 4.78 is 0. The third kappa shape index (κ3) is 2.95. The van der Waals surface area contributed by atoms with Gasteiger partial charge in [0, 0.05) is 18.4 Å². The number of nitrogens with zero attached hydrogens (tertiary/aromatic N) is 2. The van der Waals surface area contributed by atoms with Gasteiger partial charge < -0.3 is 11.1 Å². The highest BCUT2D eigenvalue weighted by atomic mass is 15.0.